The molecule has 0 N–H and O–H groups in total. The summed E-state index contributed by atoms with van der Waals surface area (Å²) in [4.78, 5) is 0. The normalized spacial score (nSPS) is 16.9. The Kier molecular flexibility index (Phi) is 8.78. The fourth-order valence-electron chi connectivity index (χ4n) is 15.1. The highest BCUT2D eigenvalue weighted by molar-refractivity contribution is 5.92. The van der Waals surface area contributed by atoms with Crippen molar-refractivity contribution in [2.45, 2.75) is 96.3 Å². The van der Waals surface area contributed by atoms with Crippen LogP contribution < -0.4 is 0 Å². The molecule has 0 saturated heterocycles. The summed E-state index contributed by atoms with van der Waals surface area (Å²) in [5.74, 6) is 0. The van der Waals surface area contributed by atoms with Crippen LogP contribution in [0.3, 0.4) is 0 Å². The van der Waals surface area contributed by atoms with Crippen molar-refractivity contribution in [3.05, 3.63) is 250 Å². The summed E-state index contributed by atoms with van der Waals surface area (Å²) in [6.07, 6.45) is 0. The molecule has 0 fully saturated rings. The van der Waals surface area contributed by atoms with Crippen LogP contribution in [0.5, 0.6) is 0 Å². The number of benzene rings is 10. The highest BCUT2D eigenvalue weighted by Crippen LogP contribution is 2.57. The second-order valence-corrected chi connectivity index (χ2v) is 25.3. The largest absolute Gasteiger partial charge is 0.0619 e. The molecule has 362 valence electrons. The summed E-state index contributed by atoms with van der Waals surface area (Å²) < 4.78 is 0. The van der Waals surface area contributed by atoms with Crippen molar-refractivity contribution in [2.24, 2.45) is 0 Å². The Morgan fingerprint density at radius 3 is 0.493 bits per heavy atom. The summed E-state index contributed by atoms with van der Waals surface area (Å²) in [6, 6.07) is 75.4. The Hall–Kier alpha value is -7.80. The van der Waals surface area contributed by atoms with Crippen LogP contribution in [-0.4, -0.2) is 0 Å². The fraction of sp³-hybridized carbons (Fsp3) is 0.200. The summed E-state index contributed by atoms with van der Waals surface area (Å²) >= 11 is 0. The lowest BCUT2D eigenvalue weighted by molar-refractivity contribution is 0.659. The molecule has 0 nitrogen and oxygen atoms in total. The molecule has 75 heavy (non-hydrogen) atoms. The topological polar surface area (TPSA) is 0 Å². The van der Waals surface area contributed by atoms with Gasteiger partial charge < -0.3 is 0 Å². The maximum Gasteiger partial charge on any atom is 0.0159 e. The molecule has 0 bridgehead atoms. The first-order valence-electron chi connectivity index (χ1n) is 27.3. The van der Waals surface area contributed by atoms with Crippen molar-refractivity contribution in [2.75, 3.05) is 0 Å². The zero-order chi connectivity index (χ0) is 51.3. The maximum atomic E-state index is 2.49. The van der Waals surface area contributed by atoms with E-state index in [4.69, 9.17) is 0 Å². The van der Waals surface area contributed by atoms with Crippen LogP contribution in [0.1, 0.15) is 125 Å². The molecule has 5 aliphatic carbocycles. The quantitative estimate of drug-likeness (QED) is 0.165. The second kappa shape index (κ2) is 14.7. The molecule has 0 spiro atoms. The number of fused-ring (bicyclic) bond motifs is 15. The highest BCUT2D eigenvalue weighted by Gasteiger charge is 2.41. The van der Waals surface area contributed by atoms with E-state index >= 15 is 0 Å². The Morgan fingerprint density at radius 1 is 0.160 bits per heavy atom. The van der Waals surface area contributed by atoms with Gasteiger partial charge in [-0.2, -0.15) is 0 Å². The molecule has 0 aliphatic heterocycles. The van der Waals surface area contributed by atoms with E-state index in [-0.39, 0.29) is 27.1 Å². The Balaban J connectivity index is 0.710. The van der Waals surface area contributed by atoms with Gasteiger partial charge in [-0.25, -0.2) is 0 Å². The van der Waals surface area contributed by atoms with Crippen LogP contribution in [-0.2, 0) is 27.1 Å². The molecule has 0 heteroatoms. The minimum absolute atomic E-state index is 0.0264. The van der Waals surface area contributed by atoms with Crippen LogP contribution >= 0.6 is 0 Å². The van der Waals surface area contributed by atoms with Crippen molar-refractivity contribution in [1.82, 2.24) is 0 Å². The molecule has 10 aromatic rings. The summed E-state index contributed by atoms with van der Waals surface area (Å²) in [7, 11) is 0. The van der Waals surface area contributed by atoms with E-state index in [1.165, 1.54) is 156 Å². The van der Waals surface area contributed by atoms with Gasteiger partial charge in [0.05, 0.1) is 0 Å². The molecule has 0 atom stereocenters. The highest BCUT2D eigenvalue weighted by atomic mass is 14.4. The Labute approximate surface area is 443 Å². The van der Waals surface area contributed by atoms with E-state index < -0.39 is 0 Å². The zero-order valence-corrected chi connectivity index (χ0v) is 45.0. The average molecular weight is 963 g/mol. The molecular weight excluding hydrogens is 901 g/mol. The van der Waals surface area contributed by atoms with Crippen molar-refractivity contribution >= 4 is 0 Å². The van der Waals surface area contributed by atoms with Crippen molar-refractivity contribution in [3.8, 4) is 100 Å². The van der Waals surface area contributed by atoms with E-state index in [1.54, 1.807) is 0 Å². The first-order valence-corrected chi connectivity index (χ1v) is 27.3. The third-order valence-electron chi connectivity index (χ3n) is 19.5. The predicted molar refractivity (Wildman–Crippen MR) is 316 cm³/mol. The lowest BCUT2D eigenvalue weighted by Crippen LogP contribution is -2.16. The molecule has 10 aromatic carbocycles. The first-order chi connectivity index (χ1) is 35.9. The molecule has 0 aromatic heterocycles. The van der Waals surface area contributed by atoms with Crippen molar-refractivity contribution < 1.29 is 0 Å². The second-order valence-electron chi connectivity index (χ2n) is 25.3. The maximum absolute atomic E-state index is 2.49. The van der Waals surface area contributed by atoms with Gasteiger partial charge in [-0.1, -0.05) is 215 Å². The van der Waals surface area contributed by atoms with Gasteiger partial charge in [0.15, 0.2) is 0 Å². The molecular formula is C75H62. The molecule has 0 radical (unpaired) electrons. The van der Waals surface area contributed by atoms with Gasteiger partial charge >= 0.3 is 0 Å². The first kappa shape index (κ1) is 44.7. The lowest BCUT2D eigenvalue weighted by atomic mass is 9.79. The van der Waals surface area contributed by atoms with Crippen LogP contribution in [0.15, 0.2) is 194 Å². The number of hydrogen-bond acceptors (Lipinski definition) is 0. The van der Waals surface area contributed by atoms with Crippen molar-refractivity contribution in [3.63, 3.8) is 0 Å². The SMILES string of the molecule is CC1(C)c2ccccc2-c2ccc(-c3ccc4c(c3)C(C)(C)c3cc(-c5ccc6c(c5)C(C)(C)c5cc(-c7ccc8c(c7)C(C)(C)c7cc(-c9ccc%10c(c9)C(C)(C)c9ccccc9-%10)ccc7-8)ccc5-6)ccc3-4)cc21. The smallest absolute Gasteiger partial charge is 0.0159 e. The van der Waals surface area contributed by atoms with Gasteiger partial charge in [-0.3, -0.25) is 0 Å². The van der Waals surface area contributed by atoms with E-state index in [1.807, 2.05) is 0 Å². The van der Waals surface area contributed by atoms with E-state index in [9.17, 15) is 0 Å². The predicted octanol–water partition coefficient (Wildman–Crippen LogP) is 19.9. The molecule has 0 heterocycles. The van der Waals surface area contributed by atoms with Gasteiger partial charge in [0.2, 0.25) is 0 Å². The molecule has 15 rings (SSSR count). The summed E-state index contributed by atoms with van der Waals surface area (Å²) in [5, 5.41) is 0. The van der Waals surface area contributed by atoms with Crippen LogP contribution in [0.2, 0.25) is 0 Å². The molecule has 0 saturated carbocycles. The monoisotopic (exact) mass is 962 g/mol. The average Bonchev–Trinajstić information content (AvgIpc) is 4.06. The van der Waals surface area contributed by atoms with Gasteiger partial charge in [0.25, 0.3) is 0 Å². The van der Waals surface area contributed by atoms with Gasteiger partial charge in [0.1, 0.15) is 0 Å². The van der Waals surface area contributed by atoms with E-state index in [0.29, 0.717) is 0 Å². The fourth-order valence-corrected chi connectivity index (χ4v) is 15.1. The van der Waals surface area contributed by atoms with Crippen molar-refractivity contribution in [1.29, 1.82) is 0 Å². The van der Waals surface area contributed by atoms with E-state index in [2.05, 4.69) is 263 Å². The number of hydrogen-bond donors (Lipinski definition) is 0. The van der Waals surface area contributed by atoms with Crippen LogP contribution in [0.4, 0.5) is 0 Å². The van der Waals surface area contributed by atoms with Crippen LogP contribution in [0, 0.1) is 0 Å². The molecule has 0 unspecified atom stereocenters. The third-order valence-corrected chi connectivity index (χ3v) is 19.5. The molecule has 5 aliphatic rings. The number of rotatable bonds is 4. The third kappa shape index (κ3) is 5.95. The lowest BCUT2D eigenvalue weighted by Gasteiger charge is -2.24. The molecule has 0 amide bonds. The van der Waals surface area contributed by atoms with Gasteiger partial charge in [0, 0.05) is 27.1 Å². The summed E-state index contributed by atoms with van der Waals surface area (Å²) in [6.45, 7) is 24.0. The minimum Gasteiger partial charge on any atom is -0.0619 e. The van der Waals surface area contributed by atoms with Gasteiger partial charge in [-0.15, -0.1) is 0 Å². The summed E-state index contributed by atoms with van der Waals surface area (Å²) in [5.41, 5.74) is 37.5. The Bertz CT molecular complexity index is 3930. The van der Waals surface area contributed by atoms with E-state index in [0.717, 1.165) is 0 Å². The van der Waals surface area contributed by atoms with Gasteiger partial charge in [-0.05, 0) is 204 Å². The zero-order valence-electron chi connectivity index (χ0n) is 45.0. The standard InChI is InChI=1S/C75H62/c1-71(2)61-17-13-11-15-51(61)53-27-19-43(35-63(53)71)45-21-29-55-57-31-23-47(39-67(57)73(5,6)65(55)37-45)49-25-33-59-60-34-26-50(42-70(60)75(9,10)69(59)41-49)48-24-32-58-56-30-22-46(38-66(56)74(7,8)68(58)40-48)44-20-28-54-52-16-12-14-18-62(52)72(3,4)64(54)36-44/h11-42H,1-10H3. The minimum atomic E-state index is -0.160. The van der Waals surface area contributed by atoms with Crippen LogP contribution in [0.25, 0.3) is 100 Å². The Morgan fingerprint density at radius 2 is 0.307 bits per heavy atom.